The molecule has 0 saturated heterocycles. The van der Waals surface area contributed by atoms with E-state index in [0.717, 1.165) is 25.3 Å². The first kappa shape index (κ1) is 28.6. The second-order valence-electron chi connectivity index (χ2n) is 10.6. The number of nitrogens with one attached hydrogen (secondary N) is 3. The molecule has 41 heavy (non-hydrogen) atoms. The molecule has 1 aliphatic heterocycles. The summed E-state index contributed by atoms with van der Waals surface area (Å²) in [6.07, 6.45) is 2.51. The first-order valence-electron chi connectivity index (χ1n) is 13.0. The molecule has 1 aromatic carbocycles. The maximum atomic E-state index is 16.4. The van der Waals surface area contributed by atoms with Gasteiger partial charge in [0.25, 0.3) is 5.91 Å². The molecule has 220 valence electrons. The molecule has 3 heterocycles. The highest BCUT2D eigenvalue weighted by Crippen LogP contribution is 2.45. The van der Waals surface area contributed by atoms with Gasteiger partial charge in [-0.2, -0.15) is 13.2 Å². The number of hydrogen-bond donors (Lipinski definition) is 4. The molecule has 1 saturated carbocycles. The van der Waals surface area contributed by atoms with Crippen LogP contribution in [0.2, 0.25) is 0 Å². The number of pyridine rings is 2. The minimum Gasteiger partial charge on any atom is -0.472 e. The van der Waals surface area contributed by atoms with Crippen LogP contribution in [0.15, 0.2) is 6.07 Å². The highest BCUT2D eigenvalue weighted by Gasteiger charge is 2.36. The van der Waals surface area contributed by atoms with Crippen molar-refractivity contribution in [2.75, 3.05) is 24.6 Å². The van der Waals surface area contributed by atoms with Gasteiger partial charge in [-0.1, -0.05) is 0 Å². The van der Waals surface area contributed by atoms with Crippen LogP contribution < -0.4 is 31.2 Å². The monoisotopic (exact) mass is 580 g/mol. The first-order valence-corrected chi connectivity index (χ1v) is 13.0. The van der Waals surface area contributed by atoms with Crippen LogP contribution >= 0.6 is 0 Å². The van der Waals surface area contributed by atoms with Crippen molar-refractivity contribution in [2.24, 2.45) is 0 Å². The number of alkyl halides is 2. The lowest BCUT2D eigenvalue weighted by Gasteiger charge is -2.41. The lowest BCUT2D eigenvalue weighted by atomic mass is 9.78. The molecule has 1 fully saturated rings. The zero-order valence-corrected chi connectivity index (χ0v) is 22.7. The van der Waals surface area contributed by atoms with Crippen LogP contribution in [-0.4, -0.2) is 53.8 Å². The van der Waals surface area contributed by atoms with Gasteiger partial charge in [-0.05, 0) is 51.7 Å². The summed E-state index contributed by atoms with van der Waals surface area (Å²) in [7, 11) is 1.38. The van der Waals surface area contributed by atoms with Gasteiger partial charge >= 0.3 is 6.61 Å². The number of ether oxygens (including phenoxy) is 2. The number of halogens is 5. The number of aryl methyl sites for hydroxylation is 1. The maximum absolute atomic E-state index is 16.4. The molecule has 2 aromatic heterocycles. The Morgan fingerprint density at radius 3 is 2.54 bits per heavy atom. The molecule has 1 amide bonds. The summed E-state index contributed by atoms with van der Waals surface area (Å²) in [4.78, 5) is 21.5. The normalized spacial score (nSPS) is 19.3. The molecule has 9 nitrogen and oxygen atoms in total. The van der Waals surface area contributed by atoms with E-state index in [1.165, 1.54) is 14.0 Å². The number of aromatic nitrogens is 2. The summed E-state index contributed by atoms with van der Waals surface area (Å²) in [5, 5.41) is 9.13. The van der Waals surface area contributed by atoms with Crippen molar-refractivity contribution < 1.29 is 36.2 Å². The van der Waals surface area contributed by atoms with Gasteiger partial charge in [0.15, 0.2) is 17.4 Å². The molecular weight excluding hydrogens is 551 g/mol. The predicted octanol–water partition coefficient (Wildman–Crippen LogP) is 4.66. The quantitative estimate of drug-likeness (QED) is 0.235. The zero-order valence-electron chi connectivity index (χ0n) is 22.7. The van der Waals surface area contributed by atoms with E-state index < -0.39 is 64.8 Å². The van der Waals surface area contributed by atoms with Crippen LogP contribution in [-0.2, 0) is 0 Å². The van der Waals surface area contributed by atoms with Gasteiger partial charge in [0.2, 0.25) is 11.7 Å². The van der Waals surface area contributed by atoms with Crippen molar-refractivity contribution in [1.29, 1.82) is 0 Å². The van der Waals surface area contributed by atoms with E-state index in [9.17, 15) is 22.4 Å². The number of nitrogens with zero attached hydrogens (tertiary/aromatic N) is 2. The summed E-state index contributed by atoms with van der Waals surface area (Å²) >= 11 is 0. The lowest BCUT2D eigenvalue weighted by molar-refractivity contribution is -0.0521. The Hall–Kier alpha value is -3.94. The van der Waals surface area contributed by atoms with Crippen LogP contribution in [0.25, 0.3) is 22.0 Å². The molecule has 0 bridgehead atoms. The van der Waals surface area contributed by atoms with Crippen molar-refractivity contribution in [1.82, 2.24) is 20.6 Å². The van der Waals surface area contributed by atoms with Crippen LogP contribution in [0.3, 0.4) is 0 Å². The Labute approximate surface area is 232 Å². The van der Waals surface area contributed by atoms with E-state index in [0.29, 0.717) is 6.54 Å². The molecule has 5 rings (SSSR count). The number of anilines is 2. The van der Waals surface area contributed by atoms with Crippen molar-refractivity contribution in [2.45, 2.75) is 64.3 Å². The van der Waals surface area contributed by atoms with E-state index in [2.05, 4.69) is 37.6 Å². The fraction of sp³-hybridized carbons (Fsp3) is 0.444. The number of benzene rings is 1. The van der Waals surface area contributed by atoms with Gasteiger partial charge in [-0.3, -0.25) is 4.79 Å². The predicted molar refractivity (Wildman–Crippen MR) is 142 cm³/mol. The second-order valence-corrected chi connectivity index (χ2v) is 10.6. The van der Waals surface area contributed by atoms with E-state index >= 15 is 4.39 Å². The largest absolute Gasteiger partial charge is 0.472 e. The number of nitrogens with two attached hydrogens (primary N) is 1. The van der Waals surface area contributed by atoms with Crippen LogP contribution in [0.4, 0.5) is 33.5 Å². The Morgan fingerprint density at radius 1 is 1.22 bits per heavy atom. The molecule has 5 N–H and O–H groups in total. The van der Waals surface area contributed by atoms with Crippen molar-refractivity contribution in [3.63, 3.8) is 0 Å². The third-order valence-corrected chi connectivity index (χ3v) is 7.78. The summed E-state index contributed by atoms with van der Waals surface area (Å²) in [5.41, 5.74) is 3.34. The third-order valence-electron chi connectivity index (χ3n) is 7.78. The minimum atomic E-state index is -3.57. The Kier molecular flexibility index (Phi) is 7.30. The second kappa shape index (κ2) is 10.5. The van der Waals surface area contributed by atoms with Crippen molar-refractivity contribution in [3.8, 4) is 22.9 Å². The average molecular weight is 581 g/mol. The summed E-state index contributed by atoms with van der Waals surface area (Å²) in [5.74, 6) is -6.55. The molecule has 2 aliphatic rings. The Balaban J connectivity index is 1.75. The van der Waals surface area contributed by atoms with Crippen LogP contribution in [0.5, 0.6) is 11.6 Å². The fourth-order valence-corrected chi connectivity index (χ4v) is 5.21. The molecule has 1 aliphatic carbocycles. The minimum absolute atomic E-state index is 0.0466. The number of nitrogen functional groups attached to an aromatic ring is 1. The highest BCUT2D eigenvalue weighted by molar-refractivity contribution is 6.06. The number of amides is 1. The number of rotatable bonds is 7. The molecule has 2 unspecified atom stereocenters. The summed E-state index contributed by atoms with van der Waals surface area (Å²) in [6.45, 7) is 2.15. The number of carbonyl (C=O) groups is 1. The SMILES string of the molecule is CNC(=O)c1nc2c3c(nc(-c4cc(N)c(F)c(F)c4OC(F)F)c(F)c3c1C)OC(C)C(CNC1(C)CCC1)N2. The van der Waals surface area contributed by atoms with Crippen molar-refractivity contribution >= 4 is 28.2 Å². The Morgan fingerprint density at radius 2 is 1.93 bits per heavy atom. The lowest BCUT2D eigenvalue weighted by Crippen LogP contribution is -2.54. The highest BCUT2D eigenvalue weighted by atomic mass is 19.3. The van der Waals surface area contributed by atoms with Gasteiger partial charge < -0.3 is 31.2 Å². The van der Waals surface area contributed by atoms with Crippen LogP contribution in [0, 0.1) is 24.4 Å². The summed E-state index contributed by atoms with van der Waals surface area (Å²) < 4.78 is 82.3. The maximum Gasteiger partial charge on any atom is 0.387 e. The molecule has 2 atom stereocenters. The standard InChI is InChI=1S/C27H29F5N6O3/c1-10-15-16-23(37-20(10)24(39)34-4)36-14(9-35-27(3)6-5-7-27)11(2)40-25(16)38-21(18(15)29)12-8-13(33)17(28)19(30)22(12)41-26(31)32/h8,11,14,26,35H,5-7,9,33H2,1-4H3,(H,34,39)(H,36,37). The number of carbonyl (C=O) groups excluding carboxylic acids is 1. The van der Waals surface area contributed by atoms with Gasteiger partial charge in [-0.25, -0.2) is 18.7 Å². The number of hydrogen-bond acceptors (Lipinski definition) is 8. The van der Waals surface area contributed by atoms with Crippen LogP contribution in [0.1, 0.15) is 49.2 Å². The third kappa shape index (κ3) is 4.94. The van der Waals surface area contributed by atoms with Gasteiger partial charge in [-0.15, -0.1) is 0 Å². The smallest absolute Gasteiger partial charge is 0.387 e. The topological polar surface area (TPSA) is 123 Å². The fourth-order valence-electron chi connectivity index (χ4n) is 5.21. The molecule has 14 heteroatoms. The molecule has 0 spiro atoms. The van der Waals surface area contributed by atoms with E-state index in [-0.39, 0.29) is 39.3 Å². The van der Waals surface area contributed by atoms with Crippen molar-refractivity contribution in [3.05, 3.63) is 34.8 Å². The van der Waals surface area contributed by atoms with E-state index in [1.54, 1.807) is 6.92 Å². The van der Waals surface area contributed by atoms with Gasteiger partial charge in [0, 0.05) is 24.5 Å². The van der Waals surface area contributed by atoms with E-state index in [4.69, 9.17) is 10.5 Å². The first-order chi connectivity index (χ1) is 19.3. The molecular formula is C27H29F5N6O3. The average Bonchev–Trinajstić information content (AvgIpc) is 3.04. The molecule has 0 radical (unpaired) electrons. The summed E-state index contributed by atoms with van der Waals surface area (Å²) in [6, 6.07) is 0.336. The zero-order chi connectivity index (χ0) is 29.8. The van der Waals surface area contributed by atoms with Gasteiger partial charge in [0.05, 0.1) is 22.7 Å². The Bertz CT molecular complexity index is 1550. The van der Waals surface area contributed by atoms with E-state index in [1.807, 2.05) is 0 Å². The molecule has 3 aromatic rings. The van der Waals surface area contributed by atoms with Gasteiger partial charge in [0.1, 0.15) is 23.3 Å².